The molecular formula is C57H100O6. The van der Waals surface area contributed by atoms with E-state index in [4.69, 9.17) is 14.2 Å². The first kappa shape index (κ1) is 60.1. The summed E-state index contributed by atoms with van der Waals surface area (Å²) in [4.78, 5) is 38.0. The summed E-state index contributed by atoms with van der Waals surface area (Å²) in [7, 11) is 0. The molecule has 0 rings (SSSR count). The van der Waals surface area contributed by atoms with Crippen molar-refractivity contribution in [1.82, 2.24) is 0 Å². The molecule has 0 N–H and O–H groups in total. The molecular weight excluding hydrogens is 781 g/mol. The van der Waals surface area contributed by atoms with Gasteiger partial charge in [0, 0.05) is 19.3 Å². The summed E-state index contributed by atoms with van der Waals surface area (Å²) in [6.07, 6.45) is 63.5. The molecule has 1 unspecified atom stereocenters. The van der Waals surface area contributed by atoms with Gasteiger partial charge < -0.3 is 14.2 Å². The maximum Gasteiger partial charge on any atom is 0.306 e. The monoisotopic (exact) mass is 881 g/mol. The van der Waals surface area contributed by atoms with Crippen molar-refractivity contribution in [2.45, 2.75) is 271 Å². The number of carbonyl (C=O) groups is 3. The minimum Gasteiger partial charge on any atom is -0.462 e. The van der Waals surface area contributed by atoms with Crippen LogP contribution in [0, 0.1) is 0 Å². The van der Waals surface area contributed by atoms with Crippen molar-refractivity contribution >= 4 is 17.9 Å². The summed E-state index contributed by atoms with van der Waals surface area (Å²) in [6, 6.07) is 0. The SMILES string of the molecule is CC\C=C/C=C\C=C/CCCCCCCCCC(=O)OC(COC(=O)CCCCCCC/C=C\CCCCC)COC(=O)CCCCCCC/C=C\CCCCCCCCCCC. The fourth-order valence-electron chi connectivity index (χ4n) is 7.49. The van der Waals surface area contributed by atoms with E-state index in [-0.39, 0.29) is 31.1 Å². The Bertz CT molecular complexity index is 1150. The van der Waals surface area contributed by atoms with Crippen molar-refractivity contribution in [3.8, 4) is 0 Å². The average molecular weight is 881 g/mol. The number of hydrogen-bond acceptors (Lipinski definition) is 6. The Morgan fingerprint density at radius 3 is 1.03 bits per heavy atom. The van der Waals surface area contributed by atoms with Gasteiger partial charge in [-0.15, -0.1) is 0 Å². The smallest absolute Gasteiger partial charge is 0.306 e. The van der Waals surface area contributed by atoms with Gasteiger partial charge in [0.15, 0.2) is 6.10 Å². The van der Waals surface area contributed by atoms with Gasteiger partial charge >= 0.3 is 17.9 Å². The second-order valence-corrected chi connectivity index (χ2v) is 17.8. The molecule has 0 spiro atoms. The van der Waals surface area contributed by atoms with E-state index in [1.54, 1.807) is 0 Å². The lowest BCUT2D eigenvalue weighted by Crippen LogP contribution is -2.30. The van der Waals surface area contributed by atoms with Gasteiger partial charge in [-0.2, -0.15) is 0 Å². The summed E-state index contributed by atoms with van der Waals surface area (Å²) in [5.74, 6) is -0.909. The summed E-state index contributed by atoms with van der Waals surface area (Å²) in [5, 5.41) is 0. The van der Waals surface area contributed by atoms with Crippen molar-refractivity contribution in [1.29, 1.82) is 0 Å². The van der Waals surface area contributed by atoms with E-state index < -0.39 is 6.10 Å². The van der Waals surface area contributed by atoms with E-state index >= 15 is 0 Å². The number of esters is 3. The van der Waals surface area contributed by atoms with Crippen LogP contribution in [0.15, 0.2) is 60.8 Å². The van der Waals surface area contributed by atoms with Crippen molar-refractivity contribution in [3.63, 3.8) is 0 Å². The first-order valence-electron chi connectivity index (χ1n) is 26.8. The number of hydrogen-bond donors (Lipinski definition) is 0. The highest BCUT2D eigenvalue weighted by Crippen LogP contribution is 2.15. The molecule has 63 heavy (non-hydrogen) atoms. The van der Waals surface area contributed by atoms with Crippen LogP contribution in [0.5, 0.6) is 0 Å². The van der Waals surface area contributed by atoms with Gasteiger partial charge in [-0.25, -0.2) is 0 Å². The Labute approximate surface area is 390 Å². The molecule has 0 aromatic heterocycles. The molecule has 0 bridgehead atoms. The second-order valence-electron chi connectivity index (χ2n) is 17.8. The van der Waals surface area contributed by atoms with Gasteiger partial charge in [0.05, 0.1) is 0 Å². The molecule has 0 aliphatic carbocycles. The lowest BCUT2D eigenvalue weighted by molar-refractivity contribution is -0.167. The molecule has 0 aliphatic rings. The van der Waals surface area contributed by atoms with Crippen molar-refractivity contribution in [3.05, 3.63) is 60.8 Å². The third-order valence-corrected chi connectivity index (χ3v) is 11.5. The van der Waals surface area contributed by atoms with Gasteiger partial charge in [-0.1, -0.05) is 216 Å². The summed E-state index contributed by atoms with van der Waals surface area (Å²) in [5.41, 5.74) is 0. The predicted molar refractivity (Wildman–Crippen MR) is 270 cm³/mol. The third kappa shape index (κ3) is 50.0. The van der Waals surface area contributed by atoms with Gasteiger partial charge in [0.25, 0.3) is 0 Å². The Morgan fingerprint density at radius 2 is 0.635 bits per heavy atom. The standard InChI is InChI=1S/C57H100O6/c1-4-7-10-13-16-19-22-25-27-28-29-31-32-35-38-41-44-47-50-56(59)62-53-54(52-61-55(58)49-46-43-40-37-34-24-21-18-15-12-9-6-3)63-57(60)51-48-45-42-39-36-33-30-26-23-20-17-14-11-8-5-2/h8,11,14,17-18,20-21,23,29,31,54H,4-7,9-10,12-13,15-16,19,22,24-28,30,32-53H2,1-3H3/b11-8-,17-14-,21-18-,23-20-,31-29-. The van der Waals surface area contributed by atoms with Crippen LogP contribution < -0.4 is 0 Å². The molecule has 6 nitrogen and oxygen atoms in total. The van der Waals surface area contributed by atoms with Gasteiger partial charge in [-0.05, 0) is 89.9 Å². The lowest BCUT2D eigenvalue weighted by atomic mass is 10.1. The third-order valence-electron chi connectivity index (χ3n) is 11.5. The number of ether oxygens (including phenoxy) is 3. The highest BCUT2D eigenvalue weighted by atomic mass is 16.6. The maximum atomic E-state index is 12.8. The van der Waals surface area contributed by atoms with Crippen LogP contribution in [0.25, 0.3) is 0 Å². The molecule has 0 heterocycles. The van der Waals surface area contributed by atoms with E-state index in [0.29, 0.717) is 19.3 Å². The second kappa shape index (κ2) is 51.7. The number of allylic oxidation sites excluding steroid dienone is 10. The van der Waals surface area contributed by atoms with Crippen molar-refractivity contribution in [2.24, 2.45) is 0 Å². The normalized spacial score (nSPS) is 12.5. The Balaban J connectivity index is 4.38. The molecule has 0 aromatic carbocycles. The van der Waals surface area contributed by atoms with E-state index in [2.05, 4.69) is 81.5 Å². The van der Waals surface area contributed by atoms with E-state index in [1.165, 1.54) is 141 Å². The van der Waals surface area contributed by atoms with Gasteiger partial charge in [-0.3, -0.25) is 14.4 Å². The first-order chi connectivity index (χ1) is 31.0. The molecule has 0 aliphatic heterocycles. The molecule has 0 saturated carbocycles. The topological polar surface area (TPSA) is 78.9 Å². The van der Waals surface area contributed by atoms with Crippen LogP contribution >= 0.6 is 0 Å². The molecule has 0 radical (unpaired) electrons. The quantitative estimate of drug-likeness (QED) is 0.0199. The van der Waals surface area contributed by atoms with Crippen LogP contribution in [0.4, 0.5) is 0 Å². The summed E-state index contributed by atoms with van der Waals surface area (Å²) < 4.78 is 16.8. The number of carbonyl (C=O) groups excluding carboxylic acids is 3. The Hall–Kier alpha value is -2.89. The van der Waals surface area contributed by atoms with Crippen LogP contribution in [0.3, 0.4) is 0 Å². The van der Waals surface area contributed by atoms with Crippen LogP contribution in [-0.2, 0) is 28.6 Å². The largest absolute Gasteiger partial charge is 0.462 e. The number of rotatable bonds is 48. The first-order valence-corrected chi connectivity index (χ1v) is 26.8. The highest BCUT2D eigenvalue weighted by Gasteiger charge is 2.19. The summed E-state index contributed by atoms with van der Waals surface area (Å²) in [6.45, 7) is 6.47. The summed E-state index contributed by atoms with van der Waals surface area (Å²) >= 11 is 0. The molecule has 0 fully saturated rings. The zero-order chi connectivity index (χ0) is 45.8. The predicted octanol–water partition coefficient (Wildman–Crippen LogP) is 17.6. The zero-order valence-electron chi connectivity index (χ0n) is 41.6. The van der Waals surface area contributed by atoms with Crippen LogP contribution in [0.1, 0.15) is 265 Å². The minimum atomic E-state index is -0.786. The zero-order valence-corrected chi connectivity index (χ0v) is 41.6. The fourth-order valence-corrected chi connectivity index (χ4v) is 7.49. The Morgan fingerprint density at radius 1 is 0.333 bits per heavy atom. The van der Waals surface area contributed by atoms with Gasteiger partial charge in [0.2, 0.25) is 0 Å². The molecule has 0 aromatic rings. The van der Waals surface area contributed by atoms with Gasteiger partial charge in [0.1, 0.15) is 13.2 Å². The van der Waals surface area contributed by atoms with E-state index in [0.717, 1.165) is 83.5 Å². The lowest BCUT2D eigenvalue weighted by Gasteiger charge is -2.18. The molecule has 0 amide bonds. The molecule has 6 heteroatoms. The fraction of sp³-hybridized carbons (Fsp3) is 0.772. The molecule has 364 valence electrons. The van der Waals surface area contributed by atoms with E-state index in [9.17, 15) is 14.4 Å². The Kier molecular flexibility index (Phi) is 49.4. The minimum absolute atomic E-state index is 0.0856. The highest BCUT2D eigenvalue weighted by molar-refractivity contribution is 5.71. The number of unbranched alkanes of at least 4 members (excludes halogenated alkanes) is 29. The van der Waals surface area contributed by atoms with Crippen molar-refractivity contribution < 1.29 is 28.6 Å². The molecule has 1 atom stereocenters. The maximum absolute atomic E-state index is 12.8. The van der Waals surface area contributed by atoms with Crippen LogP contribution in [-0.4, -0.2) is 37.2 Å². The average Bonchev–Trinajstić information content (AvgIpc) is 3.28. The molecule has 0 saturated heterocycles. The van der Waals surface area contributed by atoms with Crippen LogP contribution in [0.2, 0.25) is 0 Å². The van der Waals surface area contributed by atoms with E-state index in [1.807, 2.05) is 0 Å². The van der Waals surface area contributed by atoms with Crippen molar-refractivity contribution in [2.75, 3.05) is 13.2 Å².